The summed E-state index contributed by atoms with van der Waals surface area (Å²) in [4.78, 5) is 18.9. The Labute approximate surface area is 124 Å². The minimum atomic E-state index is -0.417. The van der Waals surface area contributed by atoms with Crippen LogP contribution in [-0.4, -0.2) is 22.5 Å². The standard InChI is InChI=1S/C9H13NO3.C6H9NO/c1-4-12-9(11)7-8(6(2)3)13-5-10-7;1-5(2)6-3-7-4-8-6/h5-6H,4H2,1-3H3;3-5H,1-2H3. The van der Waals surface area contributed by atoms with E-state index in [1.165, 1.54) is 12.8 Å². The minimum Gasteiger partial charge on any atom is -0.461 e. The normalized spacial score (nSPS) is 10.4. The Bertz CT molecular complexity index is 530. The van der Waals surface area contributed by atoms with Gasteiger partial charge in [-0.15, -0.1) is 0 Å². The van der Waals surface area contributed by atoms with Crippen molar-refractivity contribution in [2.45, 2.75) is 46.5 Å². The van der Waals surface area contributed by atoms with E-state index >= 15 is 0 Å². The summed E-state index contributed by atoms with van der Waals surface area (Å²) in [6.45, 7) is 10.1. The molecule has 0 aliphatic heterocycles. The van der Waals surface area contributed by atoms with Gasteiger partial charge in [0.25, 0.3) is 0 Å². The number of carbonyl (C=O) groups is 1. The van der Waals surface area contributed by atoms with Gasteiger partial charge in [0.2, 0.25) is 0 Å². The molecule has 0 N–H and O–H groups in total. The molecule has 0 saturated heterocycles. The lowest BCUT2D eigenvalue weighted by atomic mass is 10.1. The second kappa shape index (κ2) is 8.24. The molecule has 2 aromatic heterocycles. The lowest BCUT2D eigenvalue weighted by molar-refractivity contribution is 0.0517. The Morgan fingerprint density at radius 1 is 1.19 bits per heavy atom. The smallest absolute Gasteiger partial charge is 0.360 e. The molecule has 116 valence electrons. The molecule has 0 aliphatic rings. The fourth-order valence-corrected chi connectivity index (χ4v) is 1.53. The molecule has 0 aromatic carbocycles. The van der Waals surface area contributed by atoms with Crippen LogP contribution >= 0.6 is 0 Å². The number of carbonyl (C=O) groups excluding carboxylic acids is 1. The molecule has 0 radical (unpaired) electrons. The molecule has 0 fully saturated rings. The molecule has 0 saturated carbocycles. The van der Waals surface area contributed by atoms with Gasteiger partial charge in [-0.1, -0.05) is 27.7 Å². The van der Waals surface area contributed by atoms with Crippen molar-refractivity contribution in [2.24, 2.45) is 0 Å². The van der Waals surface area contributed by atoms with Crippen LogP contribution in [0.4, 0.5) is 0 Å². The Kier molecular flexibility index (Phi) is 6.65. The van der Waals surface area contributed by atoms with Crippen molar-refractivity contribution in [2.75, 3.05) is 6.61 Å². The molecule has 2 rings (SSSR count). The zero-order chi connectivity index (χ0) is 15.8. The van der Waals surface area contributed by atoms with Crippen LogP contribution in [0.5, 0.6) is 0 Å². The van der Waals surface area contributed by atoms with Gasteiger partial charge in [0, 0.05) is 11.8 Å². The van der Waals surface area contributed by atoms with Gasteiger partial charge in [0.05, 0.1) is 12.8 Å². The molecule has 0 spiro atoms. The highest BCUT2D eigenvalue weighted by Crippen LogP contribution is 2.18. The van der Waals surface area contributed by atoms with Crippen LogP contribution < -0.4 is 0 Å². The van der Waals surface area contributed by atoms with Crippen molar-refractivity contribution < 1.29 is 18.4 Å². The largest absolute Gasteiger partial charge is 0.461 e. The van der Waals surface area contributed by atoms with Crippen molar-refractivity contribution >= 4 is 5.97 Å². The molecular formula is C15H22N2O4. The molecular weight excluding hydrogens is 272 g/mol. The molecule has 0 bridgehead atoms. The average Bonchev–Trinajstić information content (AvgIpc) is 3.11. The van der Waals surface area contributed by atoms with Gasteiger partial charge >= 0.3 is 5.97 Å². The van der Waals surface area contributed by atoms with Crippen LogP contribution in [0.25, 0.3) is 0 Å². The first-order chi connectivity index (χ1) is 9.97. The molecule has 0 amide bonds. The molecule has 2 aromatic rings. The average molecular weight is 294 g/mol. The highest BCUT2D eigenvalue weighted by atomic mass is 16.5. The van der Waals surface area contributed by atoms with Gasteiger partial charge in [0.1, 0.15) is 11.5 Å². The summed E-state index contributed by atoms with van der Waals surface area (Å²) < 4.78 is 14.9. The fourth-order valence-electron chi connectivity index (χ4n) is 1.53. The Hall–Kier alpha value is -2.11. The minimum absolute atomic E-state index is 0.141. The van der Waals surface area contributed by atoms with E-state index in [9.17, 15) is 4.79 Å². The van der Waals surface area contributed by atoms with Crippen LogP contribution in [0.1, 0.15) is 68.5 Å². The highest BCUT2D eigenvalue weighted by Gasteiger charge is 2.19. The first-order valence-corrected chi connectivity index (χ1v) is 6.96. The number of oxazole rings is 2. The van der Waals surface area contributed by atoms with E-state index in [2.05, 4.69) is 23.8 Å². The van der Waals surface area contributed by atoms with E-state index in [1.807, 2.05) is 13.8 Å². The molecule has 0 unspecified atom stereocenters. The summed E-state index contributed by atoms with van der Waals surface area (Å²) in [6, 6.07) is 0. The van der Waals surface area contributed by atoms with E-state index in [1.54, 1.807) is 13.1 Å². The fraction of sp³-hybridized carbons (Fsp3) is 0.533. The van der Waals surface area contributed by atoms with Gasteiger partial charge in [-0.25, -0.2) is 14.8 Å². The third-order valence-electron chi connectivity index (χ3n) is 2.61. The monoisotopic (exact) mass is 294 g/mol. The number of esters is 1. The Balaban J connectivity index is 0.000000235. The quantitative estimate of drug-likeness (QED) is 0.799. The molecule has 2 heterocycles. The van der Waals surface area contributed by atoms with Crippen molar-refractivity contribution in [1.82, 2.24) is 9.97 Å². The van der Waals surface area contributed by atoms with Crippen LogP contribution in [0.2, 0.25) is 0 Å². The van der Waals surface area contributed by atoms with Crippen LogP contribution in [0.3, 0.4) is 0 Å². The second-order valence-corrected chi connectivity index (χ2v) is 5.00. The summed E-state index contributed by atoms with van der Waals surface area (Å²) >= 11 is 0. The zero-order valence-electron chi connectivity index (χ0n) is 13.1. The number of ether oxygens (including phenoxy) is 1. The summed E-state index contributed by atoms with van der Waals surface area (Å²) in [6.07, 6.45) is 4.46. The number of rotatable bonds is 4. The third-order valence-corrected chi connectivity index (χ3v) is 2.61. The lowest BCUT2D eigenvalue weighted by Crippen LogP contribution is -2.08. The SMILES string of the molecule is CC(C)c1cnco1.CCOC(=O)c1ncoc1C(C)C. The number of nitrogens with zero attached hydrogens (tertiary/aromatic N) is 2. The Morgan fingerprint density at radius 2 is 1.90 bits per heavy atom. The topological polar surface area (TPSA) is 78.4 Å². The maximum atomic E-state index is 11.3. The lowest BCUT2D eigenvalue weighted by Gasteiger charge is -2.02. The molecule has 6 nitrogen and oxygen atoms in total. The summed E-state index contributed by atoms with van der Waals surface area (Å²) in [5, 5.41) is 0. The molecule has 6 heteroatoms. The van der Waals surface area contributed by atoms with Crippen LogP contribution in [0.15, 0.2) is 27.8 Å². The zero-order valence-corrected chi connectivity index (χ0v) is 13.1. The second-order valence-electron chi connectivity index (χ2n) is 5.00. The number of hydrogen-bond acceptors (Lipinski definition) is 6. The van der Waals surface area contributed by atoms with Crippen molar-refractivity contribution in [3.63, 3.8) is 0 Å². The molecule has 0 aliphatic carbocycles. The third kappa shape index (κ3) is 5.06. The number of aromatic nitrogens is 2. The summed E-state index contributed by atoms with van der Waals surface area (Å²) in [7, 11) is 0. The Morgan fingerprint density at radius 3 is 2.33 bits per heavy atom. The van der Waals surface area contributed by atoms with Gasteiger partial charge < -0.3 is 13.6 Å². The van der Waals surface area contributed by atoms with Gasteiger partial charge in [-0.2, -0.15) is 0 Å². The van der Waals surface area contributed by atoms with E-state index < -0.39 is 5.97 Å². The van der Waals surface area contributed by atoms with Crippen molar-refractivity contribution in [1.29, 1.82) is 0 Å². The van der Waals surface area contributed by atoms with E-state index in [-0.39, 0.29) is 11.6 Å². The first kappa shape index (κ1) is 16.9. The summed E-state index contributed by atoms with van der Waals surface area (Å²) in [5.74, 6) is 1.71. The first-order valence-electron chi connectivity index (χ1n) is 6.96. The van der Waals surface area contributed by atoms with Gasteiger partial charge in [-0.05, 0) is 6.92 Å². The van der Waals surface area contributed by atoms with E-state index in [0.29, 0.717) is 18.3 Å². The van der Waals surface area contributed by atoms with Gasteiger partial charge in [-0.3, -0.25) is 0 Å². The van der Waals surface area contributed by atoms with Crippen LogP contribution in [-0.2, 0) is 4.74 Å². The molecule has 0 atom stereocenters. The maximum Gasteiger partial charge on any atom is 0.360 e. The van der Waals surface area contributed by atoms with E-state index in [4.69, 9.17) is 13.6 Å². The maximum absolute atomic E-state index is 11.3. The van der Waals surface area contributed by atoms with Gasteiger partial charge in [0.15, 0.2) is 18.5 Å². The highest BCUT2D eigenvalue weighted by molar-refractivity contribution is 5.88. The molecule has 21 heavy (non-hydrogen) atoms. The van der Waals surface area contributed by atoms with Crippen molar-refractivity contribution in [3.8, 4) is 0 Å². The van der Waals surface area contributed by atoms with Crippen LogP contribution in [0, 0.1) is 0 Å². The number of hydrogen-bond donors (Lipinski definition) is 0. The summed E-state index contributed by atoms with van der Waals surface area (Å²) in [5.41, 5.74) is 0.289. The van der Waals surface area contributed by atoms with Crippen molar-refractivity contribution in [3.05, 3.63) is 36.2 Å². The predicted octanol–water partition coefficient (Wildman–Crippen LogP) is 3.77. The predicted molar refractivity (Wildman–Crippen MR) is 77.1 cm³/mol. The van der Waals surface area contributed by atoms with E-state index in [0.717, 1.165) is 5.76 Å².